The molecule has 0 rings (SSSR count). The summed E-state index contributed by atoms with van der Waals surface area (Å²) in [6, 6.07) is 0. The summed E-state index contributed by atoms with van der Waals surface area (Å²) in [5.41, 5.74) is 0. The van der Waals surface area contributed by atoms with Crippen LogP contribution in [0.15, 0.2) is 0 Å². The van der Waals surface area contributed by atoms with Crippen molar-refractivity contribution >= 4 is 32.4 Å². The summed E-state index contributed by atoms with van der Waals surface area (Å²) in [6.45, 7) is 0. The molecule has 0 saturated heterocycles. The Kier molecular flexibility index (Phi) is 92.6. The number of rotatable bonds is 0. The second kappa shape index (κ2) is 21.6. The van der Waals surface area contributed by atoms with Crippen LogP contribution in [-0.2, 0) is 25.5 Å². The van der Waals surface area contributed by atoms with Crippen molar-refractivity contribution in [1.82, 2.24) is 0 Å². The Hall–Kier alpha value is 1.77. The van der Waals surface area contributed by atoms with E-state index in [1.807, 2.05) is 0 Å². The molecule has 0 aliphatic rings. The van der Waals surface area contributed by atoms with Crippen molar-refractivity contribution in [3.05, 3.63) is 0 Å². The Balaban J connectivity index is -0.00000000500. The van der Waals surface area contributed by atoms with Gasteiger partial charge in [0, 0.05) is 22.4 Å². The molecule has 1 unspecified atom stereocenters. The quantitative estimate of drug-likeness (QED) is 0.428. The van der Waals surface area contributed by atoms with Crippen LogP contribution in [0.1, 0.15) is 0 Å². The van der Waals surface area contributed by atoms with Crippen LogP contribution in [0.3, 0.4) is 0 Å². The summed E-state index contributed by atoms with van der Waals surface area (Å²) in [5.74, 6) is 0. The first-order valence-corrected chi connectivity index (χ1v) is 1.37. The van der Waals surface area contributed by atoms with Gasteiger partial charge in [-0.05, 0) is 0 Å². The van der Waals surface area contributed by atoms with E-state index >= 15 is 0 Å². The molecule has 0 aromatic carbocycles. The maximum atomic E-state index is 8.34. The monoisotopic (exact) mass is 351 g/mol. The zero-order valence-electron chi connectivity index (χ0n) is 2.06. The molecule has 0 fully saturated rings. The third-order valence-corrected chi connectivity index (χ3v) is 0. The molecule has 23 valence electrons. The Labute approximate surface area is 57.5 Å². The Bertz CT molecular complexity index is 8.00. The van der Waals surface area contributed by atoms with Gasteiger partial charge < -0.3 is 0 Å². The molecular weight excluding hydrogens is 347 g/mol. The first-order chi connectivity index (χ1) is 1.00. The van der Waals surface area contributed by atoms with Gasteiger partial charge >= 0.3 is 25.6 Å². The Morgan fingerprint density at radius 2 is 1.25 bits per heavy atom. The molecule has 0 aromatic rings. The topological polar surface area (TPSA) is 17.1 Å². The van der Waals surface area contributed by atoms with Crippen LogP contribution in [0.5, 0.6) is 0 Å². The summed E-state index contributed by atoms with van der Waals surface area (Å²) in [7, 11) is 0. The zero-order valence-corrected chi connectivity index (χ0v) is 9.54. The first-order valence-electron chi connectivity index (χ1n) is 0.204. The minimum absolute atomic E-state index is 0. The first kappa shape index (κ1) is 17.1. The van der Waals surface area contributed by atoms with Gasteiger partial charge in [0.15, 0.2) is 0 Å². The van der Waals surface area contributed by atoms with E-state index < -0.39 is 0 Å². The maximum Gasteiger partial charge on any atom is 0 e. The van der Waals surface area contributed by atoms with Crippen molar-refractivity contribution in [2.75, 3.05) is 0 Å². The van der Waals surface area contributed by atoms with Gasteiger partial charge in [-0.25, -0.2) is 0 Å². The van der Waals surface area contributed by atoms with Crippen molar-refractivity contribution < 1.29 is 25.5 Å². The van der Waals surface area contributed by atoms with Gasteiger partial charge in [-0.15, -0.1) is 0 Å². The average Bonchev–Trinajstić information content (AvgIpc) is 1.00. The molecule has 4 heavy (non-hydrogen) atoms. The molecule has 0 saturated carbocycles. The van der Waals surface area contributed by atoms with Crippen molar-refractivity contribution in [2.24, 2.45) is 0 Å². The minimum Gasteiger partial charge on any atom is 0 e. The van der Waals surface area contributed by atoms with Gasteiger partial charge in [0.25, 0.3) is 0 Å². The van der Waals surface area contributed by atoms with Crippen LogP contribution in [-0.4, -0.2) is 22.5 Å². The normalized spacial score (nSPS) is 1.00. The van der Waals surface area contributed by atoms with E-state index in [2.05, 4.69) is 0 Å². The molecular formula is H3OPSnTa. The van der Waals surface area contributed by atoms with E-state index in [0.717, 1.165) is 0 Å². The molecule has 0 bridgehead atoms. The summed E-state index contributed by atoms with van der Waals surface area (Å²) in [6.07, 6.45) is 0. The van der Waals surface area contributed by atoms with E-state index in [0.29, 0.717) is 22.5 Å². The third kappa shape index (κ3) is 9.23. The molecule has 0 aliphatic carbocycles. The van der Waals surface area contributed by atoms with Crippen LogP contribution < -0.4 is 0 Å². The van der Waals surface area contributed by atoms with E-state index in [1.165, 1.54) is 0 Å². The van der Waals surface area contributed by atoms with E-state index in [1.54, 1.807) is 0 Å². The molecule has 1 atom stereocenters. The Morgan fingerprint density at radius 3 is 1.25 bits per heavy atom. The van der Waals surface area contributed by atoms with Gasteiger partial charge in [-0.2, -0.15) is 9.90 Å². The number of hydrogen-bond acceptors (Lipinski definition) is 1. The van der Waals surface area contributed by atoms with Crippen molar-refractivity contribution in [2.45, 2.75) is 0 Å². The fraction of sp³-hybridized carbons (Fsp3) is 0. The second-order valence-corrected chi connectivity index (χ2v) is 0. The molecule has 1 nitrogen and oxygen atoms in total. The van der Waals surface area contributed by atoms with E-state index in [4.69, 9.17) is 3.08 Å². The fourth-order valence-corrected chi connectivity index (χ4v) is 0. The van der Waals surface area contributed by atoms with Gasteiger partial charge in [-0.3, -0.25) is 0 Å². The predicted octanol–water partition coefficient (Wildman–Crippen LogP) is -0.444. The molecule has 0 spiro atoms. The summed E-state index contributed by atoms with van der Waals surface area (Å²) < 4.78 is 8.34. The molecule has 0 heterocycles. The van der Waals surface area contributed by atoms with Crippen LogP contribution in [0, 0.1) is 0 Å². The molecule has 0 aliphatic heterocycles. The summed E-state index contributed by atoms with van der Waals surface area (Å²) >= 11 is 0.300. The van der Waals surface area contributed by atoms with Crippen LogP contribution in [0.2, 0.25) is 0 Å². The second-order valence-electron chi connectivity index (χ2n) is 0. The summed E-state index contributed by atoms with van der Waals surface area (Å²) in [5, 5.41) is 0. The van der Waals surface area contributed by atoms with Gasteiger partial charge in [-0.1, -0.05) is 0 Å². The smallest absolute Gasteiger partial charge is 0 e. The minimum atomic E-state index is 0. The van der Waals surface area contributed by atoms with Crippen LogP contribution >= 0.6 is 9.90 Å². The van der Waals surface area contributed by atoms with Crippen molar-refractivity contribution in [3.8, 4) is 0 Å². The molecule has 0 N–H and O–H groups in total. The maximum absolute atomic E-state index is 8.34. The number of hydrogen-bond donors (Lipinski definition) is 0. The van der Waals surface area contributed by atoms with E-state index in [9.17, 15) is 0 Å². The van der Waals surface area contributed by atoms with Crippen LogP contribution in [0.25, 0.3) is 0 Å². The predicted molar refractivity (Wildman–Crippen MR) is 17.5 cm³/mol. The van der Waals surface area contributed by atoms with Crippen LogP contribution in [0.4, 0.5) is 0 Å². The molecule has 3 radical (unpaired) electrons. The third-order valence-electron chi connectivity index (χ3n) is 0. The van der Waals surface area contributed by atoms with Crippen molar-refractivity contribution in [1.29, 1.82) is 0 Å². The standard InChI is InChI=1S/O.H3P.Sn.Ta/h;1H3;;. The SMILES string of the molecule is P.[O]=[Sn].[Ta]. The molecule has 4 heteroatoms. The van der Waals surface area contributed by atoms with Gasteiger partial charge in [0.1, 0.15) is 0 Å². The molecule has 0 amide bonds. The van der Waals surface area contributed by atoms with Gasteiger partial charge in [0.05, 0.1) is 0 Å². The summed E-state index contributed by atoms with van der Waals surface area (Å²) in [4.78, 5) is 0. The Morgan fingerprint density at radius 1 is 1.25 bits per heavy atom. The fourth-order valence-electron chi connectivity index (χ4n) is 0. The van der Waals surface area contributed by atoms with E-state index in [-0.39, 0.29) is 32.3 Å². The van der Waals surface area contributed by atoms with Gasteiger partial charge in [0.2, 0.25) is 0 Å². The largest absolute Gasteiger partial charge is 0 e. The van der Waals surface area contributed by atoms with Crippen molar-refractivity contribution in [3.63, 3.8) is 0 Å². The molecule has 0 aromatic heterocycles. The average molecular weight is 350 g/mol. The zero-order chi connectivity index (χ0) is 2.00.